The second kappa shape index (κ2) is 6.64. The van der Waals surface area contributed by atoms with Crippen molar-refractivity contribution in [1.82, 2.24) is 0 Å². The van der Waals surface area contributed by atoms with Gasteiger partial charge in [0.1, 0.15) is 0 Å². The summed E-state index contributed by atoms with van der Waals surface area (Å²) in [6, 6.07) is 9.63. The number of aryl methyl sites for hydroxylation is 2. The summed E-state index contributed by atoms with van der Waals surface area (Å²) in [7, 11) is 0. The van der Waals surface area contributed by atoms with E-state index in [1.54, 1.807) is 5.56 Å². The molecule has 1 rings (SSSR count). The van der Waals surface area contributed by atoms with E-state index >= 15 is 0 Å². The van der Waals surface area contributed by atoms with Crippen LogP contribution in [0.15, 0.2) is 18.2 Å². The third kappa shape index (κ3) is 3.53. The molecule has 0 saturated heterocycles. The zero-order valence-corrected chi connectivity index (χ0v) is 9.47. The first-order chi connectivity index (χ1) is 6.88. The maximum absolute atomic E-state index is 3.19. The van der Waals surface area contributed by atoms with Crippen LogP contribution in [0.3, 0.4) is 0 Å². The first-order valence-corrected chi connectivity index (χ1v) is 5.86. The topological polar surface area (TPSA) is 0 Å². The molecule has 0 fully saturated rings. The molecule has 0 unspecified atom stereocenters. The summed E-state index contributed by atoms with van der Waals surface area (Å²) in [5.74, 6) is 0. The molecular weight excluding hydrogens is 168 g/mol. The highest BCUT2D eigenvalue weighted by molar-refractivity contribution is 5.26. The van der Waals surface area contributed by atoms with E-state index in [0.29, 0.717) is 0 Å². The Morgan fingerprint density at radius 3 is 2.29 bits per heavy atom. The van der Waals surface area contributed by atoms with Crippen LogP contribution in [0.2, 0.25) is 0 Å². The van der Waals surface area contributed by atoms with Crippen LogP contribution in [0.4, 0.5) is 0 Å². The molecule has 1 aromatic carbocycles. The Labute approximate surface area is 88.4 Å². The molecule has 0 aromatic heterocycles. The highest BCUT2D eigenvalue weighted by atomic mass is 14.1. The summed E-state index contributed by atoms with van der Waals surface area (Å²) in [5.41, 5.74) is 3.06. The average Bonchev–Trinajstić information content (AvgIpc) is 2.24. The highest BCUT2D eigenvalue weighted by Crippen LogP contribution is 2.14. The Balaban J connectivity index is 2.60. The molecule has 0 aliphatic carbocycles. The van der Waals surface area contributed by atoms with Gasteiger partial charge >= 0.3 is 0 Å². The van der Waals surface area contributed by atoms with Crippen molar-refractivity contribution < 1.29 is 0 Å². The molecule has 0 atom stereocenters. The van der Waals surface area contributed by atoms with E-state index in [1.165, 1.54) is 44.1 Å². The standard InChI is InChI=1S/C14H21/c1-3-5-9-13-11-7-8-12-14(13)10-6-4-2/h7,11-12H,3-6,9-10H2,1-2H3. The zero-order valence-electron chi connectivity index (χ0n) is 9.47. The number of hydrogen-bond acceptors (Lipinski definition) is 0. The molecule has 0 amide bonds. The smallest absolute Gasteiger partial charge is 0.0181 e. The van der Waals surface area contributed by atoms with Crippen LogP contribution in [0.5, 0.6) is 0 Å². The monoisotopic (exact) mass is 189 g/mol. The van der Waals surface area contributed by atoms with Gasteiger partial charge in [0, 0.05) is 0 Å². The van der Waals surface area contributed by atoms with E-state index < -0.39 is 0 Å². The lowest BCUT2D eigenvalue weighted by Crippen LogP contribution is -1.94. The molecule has 1 aromatic rings. The number of hydrogen-bond donors (Lipinski definition) is 0. The van der Waals surface area contributed by atoms with E-state index in [0.717, 1.165) is 0 Å². The molecule has 0 N–H and O–H groups in total. The van der Waals surface area contributed by atoms with Crippen molar-refractivity contribution in [1.29, 1.82) is 0 Å². The minimum absolute atomic E-state index is 1.23. The first kappa shape index (κ1) is 11.3. The summed E-state index contributed by atoms with van der Waals surface area (Å²) >= 11 is 0. The minimum Gasteiger partial charge on any atom is -0.0654 e. The molecule has 0 nitrogen and oxygen atoms in total. The second-order valence-electron chi connectivity index (χ2n) is 3.90. The van der Waals surface area contributed by atoms with Gasteiger partial charge in [-0.25, -0.2) is 0 Å². The summed E-state index contributed by atoms with van der Waals surface area (Å²) in [4.78, 5) is 0. The van der Waals surface area contributed by atoms with E-state index in [9.17, 15) is 0 Å². The van der Waals surface area contributed by atoms with Gasteiger partial charge in [-0.05, 0) is 42.9 Å². The maximum Gasteiger partial charge on any atom is -0.0181 e. The summed E-state index contributed by atoms with van der Waals surface area (Å²) in [6.07, 6.45) is 7.64. The van der Waals surface area contributed by atoms with Crippen molar-refractivity contribution in [2.75, 3.05) is 0 Å². The van der Waals surface area contributed by atoms with E-state index in [2.05, 4.69) is 32.0 Å². The predicted octanol–water partition coefficient (Wildman–Crippen LogP) is 4.17. The van der Waals surface area contributed by atoms with Crippen molar-refractivity contribution in [3.63, 3.8) is 0 Å². The Morgan fingerprint density at radius 2 is 1.64 bits per heavy atom. The fourth-order valence-corrected chi connectivity index (χ4v) is 1.71. The Hall–Kier alpha value is -0.780. The van der Waals surface area contributed by atoms with Crippen molar-refractivity contribution in [2.45, 2.75) is 52.4 Å². The maximum atomic E-state index is 3.19. The van der Waals surface area contributed by atoms with E-state index in [1.807, 2.05) is 6.07 Å². The number of rotatable bonds is 6. The fraction of sp³-hybridized carbons (Fsp3) is 0.571. The van der Waals surface area contributed by atoms with Crippen LogP contribution >= 0.6 is 0 Å². The molecule has 0 heteroatoms. The summed E-state index contributed by atoms with van der Waals surface area (Å²) in [5, 5.41) is 0. The Kier molecular flexibility index (Phi) is 5.36. The lowest BCUT2D eigenvalue weighted by molar-refractivity contribution is 0.758. The SMILES string of the molecule is CCCCc1c[c]ccc1CCCC. The Morgan fingerprint density at radius 1 is 1.00 bits per heavy atom. The van der Waals surface area contributed by atoms with Crippen LogP contribution in [0.1, 0.15) is 50.7 Å². The molecule has 0 spiro atoms. The van der Waals surface area contributed by atoms with Crippen molar-refractivity contribution in [3.05, 3.63) is 35.4 Å². The zero-order chi connectivity index (χ0) is 10.2. The first-order valence-electron chi connectivity index (χ1n) is 5.86. The van der Waals surface area contributed by atoms with Crippen molar-refractivity contribution >= 4 is 0 Å². The molecule has 0 heterocycles. The van der Waals surface area contributed by atoms with Gasteiger partial charge < -0.3 is 0 Å². The quantitative estimate of drug-likeness (QED) is 0.630. The van der Waals surface area contributed by atoms with Crippen LogP contribution in [-0.2, 0) is 12.8 Å². The normalized spacial score (nSPS) is 10.4. The molecular formula is C14H21. The van der Waals surface area contributed by atoms with Gasteiger partial charge in [-0.1, -0.05) is 44.9 Å². The van der Waals surface area contributed by atoms with Gasteiger partial charge in [-0.2, -0.15) is 0 Å². The molecule has 14 heavy (non-hydrogen) atoms. The molecule has 0 aliphatic rings. The van der Waals surface area contributed by atoms with Gasteiger partial charge in [-0.15, -0.1) is 0 Å². The van der Waals surface area contributed by atoms with Gasteiger partial charge in [0.25, 0.3) is 0 Å². The number of benzene rings is 1. The fourth-order valence-electron chi connectivity index (χ4n) is 1.71. The molecule has 0 saturated carbocycles. The van der Waals surface area contributed by atoms with Gasteiger partial charge in [0.2, 0.25) is 0 Å². The summed E-state index contributed by atoms with van der Waals surface area (Å²) < 4.78 is 0. The van der Waals surface area contributed by atoms with Crippen molar-refractivity contribution in [3.8, 4) is 0 Å². The van der Waals surface area contributed by atoms with Crippen LogP contribution in [0, 0.1) is 6.07 Å². The second-order valence-corrected chi connectivity index (χ2v) is 3.90. The average molecular weight is 189 g/mol. The third-order valence-electron chi connectivity index (χ3n) is 2.65. The highest BCUT2D eigenvalue weighted by Gasteiger charge is 2.00. The lowest BCUT2D eigenvalue weighted by Gasteiger charge is -2.07. The van der Waals surface area contributed by atoms with E-state index in [-0.39, 0.29) is 0 Å². The predicted molar refractivity (Wildman–Crippen MR) is 62.5 cm³/mol. The number of unbranched alkanes of at least 4 members (excludes halogenated alkanes) is 2. The van der Waals surface area contributed by atoms with Crippen molar-refractivity contribution in [2.24, 2.45) is 0 Å². The Bertz CT molecular complexity index is 223. The molecule has 1 radical (unpaired) electrons. The van der Waals surface area contributed by atoms with Gasteiger partial charge in [0.05, 0.1) is 0 Å². The largest absolute Gasteiger partial charge is 0.0654 e. The lowest BCUT2D eigenvalue weighted by atomic mass is 9.98. The third-order valence-corrected chi connectivity index (χ3v) is 2.65. The summed E-state index contributed by atoms with van der Waals surface area (Å²) in [6.45, 7) is 4.50. The van der Waals surface area contributed by atoms with Crippen LogP contribution in [-0.4, -0.2) is 0 Å². The molecule has 77 valence electrons. The van der Waals surface area contributed by atoms with E-state index in [4.69, 9.17) is 0 Å². The van der Waals surface area contributed by atoms with Gasteiger partial charge in [0.15, 0.2) is 0 Å². The molecule has 0 aliphatic heterocycles. The van der Waals surface area contributed by atoms with Crippen LogP contribution in [0.25, 0.3) is 0 Å². The molecule has 0 bridgehead atoms. The van der Waals surface area contributed by atoms with Gasteiger partial charge in [-0.3, -0.25) is 0 Å². The minimum atomic E-state index is 1.23. The van der Waals surface area contributed by atoms with Crippen LogP contribution < -0.4 is 0 Å².